The van der Waals surface area contributed by atoms with Crippen LogP contribution < -0.4 is 16.6 Å². The minimum atomic E-state index is -0.791. The molecule has 106 valence electrons. The summed E-state index contributed by atoms with van der Waals surface area (Å²) in [5.74, 6) is 4.11. The number of nitrogens with zero attached hydrogens (tertiary/aromatic N) is 1. The number of nitrogen functional groups attached to an aromatic ring is 1. The Morgan fingerprint density at radius 1 is 1.26 bits per heavy atom. The summed E-state index contributed by atoms with van der Waals surface area (Å²) in [4.78, 5) is 3.86. The van der Waals surface area contributed by atoms with Crippen LogP contribution in [0.4, 0.5) is 20.4 Å². The molecule has 2 unspecified atom stereocenters. The Balaban J connectivity index is 2.17. The molecule has 6 heteroatoms. The second-order valence-corrected chi connectivity index (χ2v) is 5.00. The number of rotatable bonds is 4. The molecular formula is C13H20F2N4. The predicted octanol–water partition coefficient (Wildman–Crippen LogP) is 3.03. The van der Waals surface area contributed by atoms with Crippen LogP contribution in [0.3, 0.4) is 0 Å². The summed E-state index contributed by atoms with van der Waals surface area (Å²) in [5, 5.41) is 3.10. The van der Waals surface area contributed by atoms with Crippen molar-refractivity contribution in [3.05, 3.63) is 17.7 Å². The van der Waals surface area contributed by atoms with Gasteiger partial charge in [0.05, 0.1) is 0 Å². The van der Waals surface area contributed by atoms with E-state index < -0.39 is 11.6 Å². The van der Waals surface area contributed by atoms with E-state index in [1.165, 1.54) is 6.42 Å². The summed E-state index contributed by atoms with van der Waals surface area (Å²) < 4.78 is 27.0. The van der Waals surface area contributed by atoms with Gasteiger partial charge in [0.15, 0.2) is 23.3 Å². The Morgan fingerprint density at radius 3 is 2.63 bits per heavy atom. The Bertz CT molecular complexity index is 439. The molecule has 0 saturated heterocycles. The van der Waals surface area contributed by atoms with E-state index in [-0.39, 0.29) is 17.7 Å². The van der Waals surface area contributed by atoms with Crippen LogP contribution in [-0.2, 0) is 0 Å². The fraction of sp³-hybridized carbons (Fsp3) is 0.615. The number of pyridine rings is 1. The van der Waals surface area contributed by atoms with E-state index in [1.54, 1.807) is 0 Å². The zero-order valence-electron chi connectivity index (χ0n) is 11.0. The molecule has 2 rings (SSSR count). The summed E-state index contributed by atoms with van der Waals surface area (Å²) in [5.41, 5.74) is 2.13. The van der Waals surface area contributed by atoms with Crippen molar-refractivity contribution in [2.24, 2.45) is 11.8 Å². The van der Waals surface area contributed by atoms with E-state index in [9.17, 15) is 8.78 Å². The second-order valence-electron chi connectivity index (χ2n) is 5.00. The van der Waals surface area contributed by atoms with E-state index >= 15 is 0 Å². The third kappa shape index (κ3) is 3.12. The highest BCUT2D eigenvalue weighted by Crippen LogP contribution is 2.30. The molecule has 0 aromatic carbocycles. The Labute approximate surface area is 111 Å². The Hall–Kier alpha value is -1.43. The SMILES string of the molecule is CCC1CCCCC1Nc1nc(NN)c(F)cc1F. The molecule has 0 spiro atoms. The highest BCUT2D eigenvalue weighted by atomic mass is 19.1. The van der Waals surface area contributed by atoms with E-state index in [0.717, 1.165) is 31.7 Å². The number of nitrogens with two attached hydrogens (primary N) is 1. The molecule has 1 fully saturated rings. The maximum atomic E-state index is 13.7. The number of anilines is 2. The van der Waals surface area contributed by atoms with E-state index in [1.807, 2.05) is 0 Å². The lowest BCUT2D eigenvalue weighted by molar-refractivity contribution is 0.316. The third-order valence-corrected chi connectivity index (χ3v) is 3.82. The summed E-state index contributed by atoms with van der Waals surface area (Å²) in [6.07, 6.45) is 5.51. The summed E-state index contributed by atoms with van der Waals surface area (Å²) in [6, 6.07) is 0.991. The van der Waals surface area contributed by atoms with Gasteiger partial charge in [0, 0.05) is 12.1 Å². The number of aromatic nitrogens is 1. The fourth-order valence-electron chi connectivity index (χ4n) is 2.73. The van der Waals surface area contributed by atoms with Crippen LogP contribution in [0.5, 0.6) is 0 Å². The van der Waals surface area contributed by atoms with E-state index in [2.05, 4.69) is 22.7 Å². The molecule has 0 radical (unpaired) electrons. The normalized spacial score (nSPS) is 23.2. The average molecular weight is 270 g/mol. The number of halogens is 2. The highest BCUT2D eigenvalue weighted by Gasteiger charge is 2.25. The molecule has 1 aromatic rings. The van der Waals surface area contributed by atoms with Crippen molar-refractivity contribution in [2.75, 3.05) is 10.7 Å². The van der Waals surface area contributed by atoms with Crippen LogP contribution in [0, 0.1) is 17.6 Å². The quantitative estimate of drug-likeness (QED) is 0.581. The molecule has 0 amide bonds. The largest absolute Gasteiger partial charge is 0.365 e. The standard InChI is InChI=1S/C13H20F2N4/c1-2-8-5-3-4-6-11(8)17-12-9(14)7-10(15)13(18-12)19-16/h7-8,11H,2-6,16H2,1H3,(H2,17,18,19). The molecule has 19 heavy (non-hydrogen) atoms. The first-order valence-electron chi connectivity index (χ1n) is 6.75. The first-order valence-corrected chi connectivity index (χ1v) is 6.75. The molecular weight excluding hydrogens is 250 g/mol. The van der Waals surface area contributed by atoms with Crippen molar-refractivity contribution in [1.29, 1.82) is 0 Å². The van der Waals surface area contributed by atoms with Crippen molar-refractivity contribution in [2.45, 2.75) is 45.1 Å². The third-order valence-electron chi connectivity index (χ3n) is 3.82. The molecule has 1 heterocycles. The molecule has 1 saturated carbocycles. The first kappa shape index (κ1) is 14.0. The van der Waals surface area contributed by atoms with Crippen molar-refractivity contribution < 1.29 is 8.78 Å². The molecule has 1 aliphatic rings. The van der Waals surface area contributed by atoms with Crippen LogP contribution in [0.15, 0.2) is 6.07 Å². The number of hydrogen-bond donors (Lipinski definition) is 3. The zero-order valence-corrected chi connectivity index (χ0v) is 11.0. The first-order chi connectivity index (χ1) is 9.15. The van der Waals surface area contributed by atoms with Gasteiger partial charge in [-0.05, 0) is 18.8 Å². The Morgan fingerprint density at radius 2 is 1.95 bits per heavy atom. The van der Waals surface area contributed by atoms with Crippen LogP contribution in [0.1, 0.15) is 39.0 Å². The Kier molecular flexibility index (Phi) is 4.52. The number of nitrogens with one attached hydrogen (secondary N) is 2. The maximum Gasteiger partial charge on any atom is 0.178 e. The smallest absolute Gasteiger partial charge is 0.178 e. The van der Waals surface area contributed by atoms with Crippen molar-refractivity contribution >= 4 is 11.6 Å². The van der Waals surface area contributed by atoms with Gasteiger partial charge in [-0.1, -0.05) is 26.2 Å². The summed E-state index contributed by atoms with van der Waals surface area (Å²) in [7, 11) is 0. The molecule has 1 aliphatic carbocycles. The minimum Gasteiger partial charge on any atom is -0.365 e. The molecule has 2 atom stereocenters. The lowest BCUT2D eigenvalue weighted by atomic mass is 9.83. The lowest BCUT2D eigenvalue weighted by Gasteiger charge is -2.32. The van der Waals surface area contributed by atoms with Gasteiger partial charge in [0.25, 0.3) is 0 Å². The van der Waals surface area contributed by atoms with Crippen molar-refractivity contribution in [3.63, 3.8) is 0 Å². The molecule has 4 N–H and O–H groups in total. The van der Waals surface area contributed by atoms with Gasteiger partial charge < -0.3 is 10.7 Å². The monoisotopic (exact) mass is 270 g/mol. The number of hydrazine groups is 1. The maximum absolute atomic E-state index is 13.7. The predicted molar refractivity (Wildman–Crippen MR) is 71.6 cm³/mol. The summed E-state index contributed by atoms with van der Waals surface area (Å²) in [6.45, 7) is 2.13. The van der Waals surface area contributed by atoms with Crippen LogP contribution in [0.25, 0.3) is 0 Å². The second kappa shape index (κ2) is 6.14. The van der Waals surface area contributed by atoms with Crippen LogP contribution in [-0.4, -0.2) is 11.0 Å². The van der Waals surface area contributed by atoms with Crippen molar-refractivity contribution in [1.82, 2.24) is 4.98 Å². The number of hydrogen-bond acceptors (Lipinski definition) is 4. The van der Waals surface area contributed by atoms with Gasteiger partial charge in [-0.25, -0.2) is 19.6 Å². The average Bonchev–Trinajstić information content (AvgIpc) is 2.42. The van der Waals surface area contributed by atoms with Gasteiger partial charge >= 0.3 is 0 Å². The fourth-order valence-corrected chi connectivity index (χ4v) is 2.73. The molecule has 0 aliphatic heterocycles. The van der Waals surface area contributed by atoms with Crippen LogP contribution >= 0.6 is 0 Å². The molecule has 0 bridgehead atoms. The van der Waals surface area contributed by atoms with Gasteiger partial charge in [0.2, 0.25) is 0 Å². The minimum absolute atomic E-state index is 0.0692. The van der Waals surface area contributed by atoms with E-state index in [0.29, 0.717) is 5.92 Å². The zero-order chi connectivity index (χ0) is 13.8. The van der Waals surface area contributed by atoms with Crippen molar-refractivity contribution in [3.8, 4) is 0 Å². The molecule has 4 nitrogen and oxygen atoms in total. The highest BCUT2D eigenvalue weighted by molar-refractivity contribution is 5.47. The summed E-state index contributed by atoms with van der Waals surface area (Å²) >= 11 is 0. The van der Waals surface area contributed by atoms with Crippen LogP contribution in [0.2, 0.25) is 0 Å². The lowest BCUT2D eigenvalue weighted by Crippen LogP contribution is -2.32. The van der Waals surface area contributed by atoms with Gasteiger partial charge in [-0.3, -0.25) is 0 Å². The van der Waals surface area contributed by atoms with E-state index in [4.69, 9.17) is 5.84 Å². The van der Waals surface area contributed by atoms with Gasteiger partial charge in [-0.2, -0.15) is 0 Å². The topological polar surface area (TPSA) is 63.0 Å². The molecule has 1 aromatic heterocycles. The van der Waals surface area contributed by atoms with Gasteiger partial charge in [0.1, 0.15) is 0 Å². The van der Waals surface area contributed by atoms with Gasteiger partial charge in [-0.15, -0.1) is 0 Å².